The Morgan fingerprint density at radius 1 is 0.918 bits per heavy atom. The van der Waals surface area contributed by atoms with Crippen LogP contribution in [0.1, 0.15) is 42.8 Å². The fourth-order valence-electron chi connectivity index (χ4n) is 5.42. The van der Waals surface area contributed by atoms with E-state index < -0.39 is 53.3 Å². The number of rotatable bonds is 7. The van der Waals surface area contributed by atoms with Gasteiger partial charge >= 0.3 is 5.69 Å². The van der Waals surface area contributed by atoms with Gasteiger partial charge in [0.15, 0.2) is 11.6 Å². The maximum Gasteiger partial charge on any atom is 0.340 e. The molecule has 0 spiro atoms. The lowest BCUT2D eigenvalue weighted by Crippen LogP contribution is -2.57. The van der Waals surface area contributed by atoms with E-state index >= 15 is 0 Å². The van der Waals surface area contributed by atoms with Crippen molar-refractivity contribution in [3.8, 4) is 11.5 Å². The molecule has 13 nitrogen and oxygen atoms in total. The average Bonchev–Trinajstić information content (AvgIpc) is 3.49. The molecule has 0 saturated carbocycles. The lowest BCUT2D eigenvalue weighted by Gasteiger charge is -2.26. The topological polar surface area (TPSA) is 187 Å². The third kappa shape index (κ3) is 9.86. The normalized spacial score (nSPS) is 18.7. The highest BCUT2D eigenvalue weighted by atomic mass is 19.1. The molecule has 3 aromatic carbocycles. The largest absolute Gasteiger partial charge is 0.454 e. The van der Waals surface area contributed by atoms with Gasteiger partial charge in [-0.25, -0.2) is 14.3 Å². The SMILES string of the molecule is CC(C)C[C@@H]1NC(=O)[C@@H](Cc2ccccc2)NC(=O)Cc2ccc(F)c(c2)Oc2ccc(cc2)C[C@@H](C(=O)NCc2n[nH]c(=O)[nH]2)NC1=O. The van der Waals surface area contributed by atoms with Crippen LogP contribution in [0.3, 0.4) is 0 Å². The molecule has 49 heavy (non-hydrogen) atoms. The Morgan fingerprint density at radius 2 is 1.63 bits per heavy atom. The Kier molecular flexibility index (Phi) is 11.2. The molecular weight excluding hydrogens is 633 g/mol. The van der Waals surface area contributed by atoms with Gasteiger partial charge in [0.25, 0.3) is 0 Å². The molecule has 0 fully saturated rings. The molecule has 14 heteroatoms. The van der Waals surface area contributed by atoms with Gasteiger partial charge in [-0.1, -0.05) is 62.4 Å². The van der Waals surface area contributed by atoms with Crippen molar-refractivity contribution >= 4 is 23.6 Å². The number of aromatic amines is 2. The molecule has 3 heterocycles. The van der Waals surface area contributed by atoms with Gasteiger partial charge in [-0.05, 0) is 53.3 Å². The Labute approximate surface area is 281 Å². The lowest BCUT2D eigenvalue weighted by atomic mass is 9.99. The first-order valence-corrected chi connectivity index (χ1v) is 15.9. The number of carbonyl (C=O) groups is 4. The molecular formula is C35H38FN7O6. The number of nitrogens with one attached hydrogen (secondary N) is 6. The number of hydrogen-bond donors (Lipinski definition) is 6. The van der Waals surface area contributed by atoms with Crippen LogP contribution in [0.2, 0.25) is 0 Å². The highest BCUT2D eigenvalue weighted by Gasteiger charge is 2.31. The first-order valence-electron chi connectivity index (χ1n) is 15.9. The highest BCUT2D eigenvalue weighted by molar-refractivity contribution is 5.94. The average molecular weight is 672 g/mol. The van der Waals surface area contributed by atoms with Gasteiger partial charge in [0.1, 0.15) is 29.7 Å². The molecule has 2 aliphatic heterocycles. The van der Waals surface area contributed by atoms with Crippen LogP contribution in [0, 0.1) is 11.7 Å². The van der Waals surface area contributed by atoms with Crippen molar-refractivity contribution in [3.05, 3.63) is 112 Å². The van der Waals surface area contributed by atoms with Crippen LogP contribution in [-0.4, -0.2) is 56.9 Å². The van der Waals surface area contributed by atoms with E-state index in [2.05, 4.69) is 36.4 Å². The number of aromatic nitrogens is 3. The zero-order chi connectivity index (χ0) is 34.9. The summed E-state index contributed by atoms with van der Waals surface area (Å²) in [6, 6.07) is 16.6. The van der Waals surface area contributed by atoms with E-state index in [1.54, 1.807) is 24.3 Å². The summed E-state index contributed by atoms with van der Waals surface area (Å²) in [6.45, 7) is 3.67. The Morgan fingerprint density at radius 3 is 2.33 bits per heavy atom. The molecule has 3 atom stereocenters. The summed E-state index contributed by atoms with van der Waals surface area (Å²) in [6.07, 6.45) is 0.276. The van der Waals surface area contributed by atoms with Crippen molar-refractivity contribution in [2.45, 2.75) is 64.2 Å². The predicted octanol–water partition coefficient (Wildman–Crippen LogP) is 2.19. The van der Waals surface area contributed by atoms with E-state index in [0.717, 1.165) is 5.56 Å². The predicted molar refractivity (Wildman–Crippen MR) is 177 cm³/mol. The number of ether oxygens (including phenoxy) is 1. The Balaban J connectivity index is 1.48. The Bertz CT molecular complexity index is 1840. The second-order valence-corrected chi connectivity index (χ2v) is 12.3. The number of nitrogens with zero attached hydrogens (tertiary/aromatic N) is 1. The number of hydrogen-bond acceptors (Lipinski definition) is 7. The van der Waals surface area contributed by atoms with E-state index in [4.69, 9.17) is 4.74 Å². The van der Waals surface area contributed by atoms with E-state index in [1.165, 1.54) is 18.2 Å². The van der Waals surface area contributed by atoms with Gasteiger partial charge in [-0.2, -0.15) is 5.10 Å². The summed E-state index contributed by atoms with van der Waals surface area (Å²) >= 11 is 0. The number of benzene rings is 3. The van der Waals surface area contributed by atoms with Crippen molar-refractivity contribution in [2.75, 3.05) is 0 Å². The standard InChI is InChI=1S/C35H38FN7O6/c1-20(2)14-26-33(46)40-27(32(45)37-19-30-41-35(48)43-42-30)16-22-8-11-24(12-9-22)49-29-17-23(10-13-25(29)36)18-31(44)38-28(34(47)39-26)15-21-6-4-3-5-7-21/h3-13,17,20,26-28H,14-16,18-19H2,1-2H3,(H,37,45)(H,38,44)(H,39,47)(H,40,46)(H2,41,42,43,48)/t26-,27-,28+/m0/s1. The minimum atomic E-state index is -1.10. The monoisotopic (exact) mass is 671 g/mol. The molecule has 2 aliphatic rings. The molecule has 4 aromatic rings. The van der Waals surface area contributed by atoms with Crippen molar-refractivity contribution in [2.24, 2.45) is 5.92 Å². The minimum absolute atomic E-state index is 0.0243. The van der Waals surface area contributed by atoms with Crippen LogP contribution in [-0.2, 0) is 45.0 Å². The second-order valence-electron chi connectivity index (χ2n) is 12.3. The van der Waals surface area contributed by atoms with Crippen LogP contribution < -0.4 is 31.7 Å². The van der Waals surface area contributed by atoms with Crippen molar-refractivity contribution in [3.63, 3.8) is 0 Å². The molecule has 0 radical (unpaired) electrons. The zero-order valence-electron chi connectivity index (χ0n) is 27.0. The fourth-order valence-corrected chi connectivity index (χ4v) is 5.42. The van der Waals surface area contributed by atoms with Crippen LogP contribution >= 0.6 is 0 Å². The van der Waals surface area contributed by atoms with Crippen LogP contribution in [0.25, 0.3) is 0 Å². The van der Waals surface area contributed by atoms with Gasteiger partial charge in [0.05, 0.1) is 13.0 Å². The lowest BCUT2D eigenvalue weighted by molar-refractivity contribution is -0.134. The fraction of sp³-hybridized carbons (Fsp3) is 0.314. The number of fused-ring (bicyclic) bond motifs is 12. The van der Waals surface area contributed by atoms with Gasteiger partial charge in [0, 0.05) is 12.8 Å². The van der Waals surface area contributed by atoms with E-state index in [1.807, 2.05) is 44.2 Å². The van der Waals surface area contributed by atoms with Crippen LogP contribution in [0.5, 0.6) is 11.5 Å². The molecule has 0 aliphatic carbocycles. The van der Waals surface area contributed by atoms with E-state index in [-0.39, 0.29) is 49.7 Å². The summed E-state index contributed by atoms with van der Waals surface area (Å²) < 4.78 is 20.6. The summed E-state index contributed by atoms with van der Waals surface area (Å²) in [5, 5.41) is 17.1. The molecule has 4 bridgehead atoms. The third-order valence-electron chi connectivity index (χ3n) is 7.84. The first-order chi connectivity index (χ1) is 23.5. The van der Waals surface area contributed by atoms with Crippen LogP contribution in [0.4, 0.5) is 4.39 Å². The van der Waals surface area contributed by atoms with Crippen molar-refractivity contribution in [1.29, 1.82) is 0 Å². The molecule has 6 N–H and O–H groups in total. The van der Waals surface area contributed by atoms with Gasteiger partial charge in [0.2, 0.25) is 23.6 Å². The Hall–Kier alpha value is -5.79. The second kappa shape index (κ2) is 15.9. The minimum Gasteiger partial charge on any atom is -0.454 e. The molecule has 0 unspecified atom stereocenters. The number of H-pyrrole nitrogens is 2. The number of halogens is 1. The molecule has 256 valence electrons. The maximum absolute atomic E-state index is 14.8. The first kappa shape index (κ1) is 34.5. The molecule has 4 amide bonds. The van der Waals surface area contributed by atoms with Crippen LogP contribution in [0.15, 0.2) is 77.6 Å². The van der Waals surface area contributed by atoms with Gasteiger partial charge < -0.3 is 26.0 Å². The van der Waals surface area contributed by atoms with Gasteiger partial charge in [-0.3, -0.25) is 24.2 Å². The van der Waals surface area contributed by atoms with E-state index in [0.29, 0.717) is 16.9 Å². The smallest absolute Gasteiger partial charge is 0.340 e. The highest BCUT2D eigenvalue weighted by Crippen LogP contribution is 2.26. The maximum atomic E-state index is 14.8. The quantitative estimate of drug-likeness (QED) is 0.163. The summed E-state index contributed by atoms with van der Waals surface area (Å²) in [5.74, 6) is -2.48. The molecule has 6 rings (SSSR count). The summed E-state index contributed by atoms with van der Waals surface area (Å²) in [7, 11) is 0. The van der Waals surface area contributed by atoms with Crippen molar-refractivity contribution in [1.82, 2.24) is 36.4 Å². The number of amides is 4. The third-order valence-corrected chi connectivity index (χ3v) is 7.84. The molecule has 0 saturated heterocycles. The van der Waals surface area contributed by atoms with Gasteiger partial charge in [-0.15, -0.1) is 0 Å². The van der Waals surface area contributed by atoms with Crippen molar-refractivity contribution < 1.29 is 28.3 Å². The zero-order valence-corrected chi connectivity index (χ0v) is 27.0. The molecule has 1 aromatic heterocycles. The number of carbonyl (C=O) groups excluding carboxylic acids is 4. The summed E-state index contributed by atoms with van der Waals surface area (Å²) in [5.41, 5.74) is 1.36. The van der Waals surface area contributed by atoms with E-state index in [9.17, 15) is 28.4 Å². The summed E-state index contributed by atoms with van der Waals surface area (Å²) in [4.78, 5) is 68.3.